The van der Waals surface area contributed by atoms with E-state index >= 15 is 0 Å². The second kappa shape index (κ2) is 7.57. The quantitative estimate of drug-likeness (QED) is 0.809. The molecule has 0 spiro atoms. The van der Waals surface area contributed by atoms with Crippen LogP contribution < -0.4 is 11.1 Å². The smallest absolute Gasteiger partial charge is 0.123 e. The van der Waals surface area contributed by atoms with Crippen LogP contribution in [0.2, 0.25) is 0 Å². The van der Waals surface area contributed by atoms with E-state index in [1.165, 1.54) is 12.0 Å². The van der Waals surface area contributed by atoms with Crippen molar-refractivity contribution in [3.8, 4) is 0 Å². The van der Waals surface area contributed by atoms with Crippen LogP contribution in [0.25, 0.3) is 0 Å². The first-order valence-corrected chi connectivity index (χ1v) is 7.44. The maximum atomic E-state index is 5.96. The average molecular weight is 278 g/mol. The molecule has 112 valence electrons. The van der Waals surface area contributed by atoms with Gasteiger partial charge in [0.1, 0.15) is 5.82 Å². The Morgan fingerprint density at radius 2 is 2.45 bits per heavy atom. The van der Waals surface area contributed by atoms with E-state index in [1.807, 2.05) is 19.2 Å². The number of likely N-dealkylation sites (N-methyl/N-ethyl adjacent to an activating group) is 1. The maximum Gasteiger partial charge on any atom is 0.123 e. The standard InChI is InChI=1S/C15H26N4O/c1-3-6-19-7-8-20-14(11-19)13(17-2)9-12-4-5-18-15(16)10-12/h4-5,10,13-14,17H,3,6-9,11H2,1-2H3,(H2,16,18). The van der Waals surface area contributed by atoms with Gasteiger partial charge in [0.2, 0.25) is 0 Å². The number of anilines is 1. The summed E-state index contributed by atoms with van der Waals surface area (Å²) in [7, 11) is 2.00. The molecule has 5 heteroatoms. The van der Waals surface area contributed by atoms with Crippen molar-refractivity contribution in [2.75, 3.05) is 39.0 Å². The van der Waals surface area contributed by atoms with Crippen LogP contribution in [0.15, 0.2) is 18.3 Å². The summed E-state index contributed by atoms with van der Waals surface area (Å²) in [5, 5.41) is 3.39. The van der Waals surface area contributed by atoms with Crippen LogP contribution in [-0.2, 0) is 11.2 Å². The highest BCUT2D eigenvalue weighted by Gasteiger charge is 2.27. The highest BCUT2D eigenvalue weighted by atomic mass is 16.5. The number of morpholine rings is 1. The fourth-order valence-electron chi connectivity index (χ4n) is 2.79. The molecule has 0 bridgehead atoms. The zero-order valence-corrected chi connectivity index (χ0v) is 12.5. The third-order valence-electron chi connectivity index (χ3n) is 3.84. The van der Waals surface area contributed by atoms with Crippen LogP contribution in [0.1, 0.15) is 18.9 Å². The summed E-state index contributed by atoms with van der Waals surface area (Å²) in [6.07, 6.45) is 4.10. The van der Waals surface area contributed by atoms with Crippen LogP contribution in [0.5, 0.6) is 0 Å². The summed E-state index contributed by atoms with van der Waals surface area (Å²) in [5.74, 6) is 0.578. The van der Waals surface area contributed by atoms with Crippen LogP contribution in [0, 0.1) is 0 Å². The number of nitrogen functional groups attached to an aromatic ring is 1. The van der Waals surface area contributed by atoms with Crippen LogP contribution >= 0.6 is 0 Å². The van der Waals surface area contributed by atoms with E-state index in [-0.39, 0.29) is 6.10 Å². The minimum atomic E-state index is 0.231. The molecule has 1 aliphatic rings. The van der Waals surface area contributed by atoms with Gasteiger partial charge in [0.25, 0.3) is 0 Å². The van der Waals surface area contributed by atoms with E-state index in [9.17, 15) is 0 Å². The molecule has 0 radical (unpaired) electrons. The molecule has 20 heavy (non-hydrogen) atoms. The molecule has 2 atom stereocenters. The molecule has 1 saturated heterocycles. The lowest BCUT2D eigenvalue weighted by atomic mass is 10.0. The Hall–Kier alpha value is -1.17. The molecule has 0 amide bonds. The largest absolute Gasteiger partial charge is 0.384 e. The van der Waals surface area contributed by atoms with Crippen molar-refractivity contribution in [3.63, 3.8) is 0 Å². The Balaban J connectivity index is 1.97. The van der Waals surface area contributed by atoms with Crippen molar-refractivity contribution in [2.45, 2.75) is 31.9 Å². The summed E-state index contributed by atoms with van der Waals surface area (Å²) < 4.78 is 5.96. The number of pyridine rings is 1. The Kier molecular flexibility index (Phi) is 5.76. The molecule has 5 nitrogen and oxygen atoms in total. The molecule has 1 aliphatic heterocycles. The third-order valence-corrected chi connectivity index (χ3v) is 3.84. The molecule has 0 saturated carbocycles. The zero-order valence-electron chi connectivity index (χ0n) is 12.5. The Morgan fingerprint density at radius 1 is 1.60 bits per heavy atom. The highest BCUT2D eigenvalue weighted by Crippen LogP contribution is 2.14. The zero-order chi connectivity index (χ0) is 14.4. The van der Waals surface area contributed by atoms with E-state index < -0.39 is 0 Å². The molecule has 2 rings (SSSR count). The van der Waals surface area contributed by atoms with Crippen molar-refractivity contribution >= 4 is 5.82 Å². The SMILES string of the molecule is CCCN1CCOC(C(Cc2ccnc(N)c2)NC)C1. The fourth-order valence-corrected chi connectivity index (χ4v) is 2.79. The summed E-state index contributed by atoms with van der Waals surface area (Å²) in [6.45, 7) is 6.24. The van der Waals surface area contributed by atoms with Crippen molar-refractivity contribution in [3.05, 3.63) is 23.9 Å². The third kappa shape index (κ3) is 4.16. The lowest BCUT2D eigenvalue weighted by Gasteiger charge is -2.37. The second-order valence-electron chi connectivity index (χ2n) is 5.40. The van der Waals surface area contributed by atoms with Gasteiger partial charge in [-0.05, 0) is 44.1 Å². The van der Waals surface area contributed by atoms with Gasteiger partial charge in [-0.25, -0.2) is 4.98 Å². The number of nitrogens with zero attached hydrogens (tertiary/aromatic N) is 2. The van der Waals surface area contributed by atoms with Gasteiger partial charge in [0.15, 0.2) is 0 Å². The van der Waals surface area contributed by atoms with Crippen LogP contribution in [0.4, 0.5) is 5.82 Å². The predicted molar refractivity (Wildman–Crippen MR) is 81.7 cm³/mol. The Labute approximate surface area is 121 Å². The lowest BCUT2D eigenvalue weighted by Crippen LogP contribution is -2.52. The molecule has 1 aromatic heterocycles. The molecule has 0 aromatic carbocycles. The molecule has 2 unspecified atom stereocenters. The Bertz CT molecular complexity index is 411. The van der Waals surface area contributed by atoms with Gasteiger partial charge < -0.3 is 15.8 Å². The number of nitrogens with two attached hydrogens (primary N) is 1. The van der Waals surface area contributed by atoms with Crippen molar-refractivity contribution in [2.24, 2.45) is 0 Å². The van der Waals surface area contributed by atoms with Crippen molar-refractivity contribution < 1.29 is 4.74 Å². The number of nitrogens with one attached hydrogen (secondary N) is 1. The summed E-state index contributed by atoms with van der Waals surface area (Å²) >= 11 is 0. The number of hydrogen-bond donors (Lipinski definition) is 2. The molecule has 3 N–H and O–H groups in total. The topological polar surface area (TPSA) is 63.4 Å². The lowest BCUT2D eigenvalue weighted by molar-refractivity contribution is -0.0450. The van der Waals surface area contributed by atoms with Crippen LogP contribution in [0.3, 0.4) is 0 Å². The van der Waals surface area contributed by atoms with E-state index in [0.29, 0.717) is 11.9 Å². The Morgan fingerprint density at radius 3 is 3.15 bits per heavy atom. The molecule has 1 aromatic rings. The molecule has 2 heterocycles. The number of ether oxygens (including phenoxy) is 1. The number of aromatic nitrogens is 1. The average Bonchev–Trinajstić information content (AvgIpc) is 2.45. The highest BCUT2D eigenvalue weighted by molar-refractivity contribution is 5.32. The predicted octanol–water partition coefficient (Wildman–Crippen LogP) is 0.905. The maximum absolute atomic E-state index is 5.96. The van der Waals surface area contributed by atoms with Crippen molar-refractivity contribution in [1.29, 1.82) is 0 Å². The van der Waals surface area contributed by atoms with Crippen LogP contribution in [-0.4, -0.2) is 55.3 Å². The van der Waals surface area contributed by atoms with E-state index in [0.717, 1.165) is 32.7 Å². The van der Waals surface area contributed by atoms with E-state index in [1.54, 1.807) is 6.20 Å². The molecule has 1 fully saturated rings. The minimum Gasteiger partial charge on any atom is -0.384 e. The summed E-state index contributed by atoms with van der Waals surface area (Å²) in [4.78, 5) is 6.53. The molecule has 0 aliphatic carbocycles. The van der Waals surface area contributed by atoms with Gasteiger partial charge in [0.05, 0.1) is 12.7 Å². The fraction of sp³-hybridized carbons (Fsp3) is 0.667. The number of rotatable bonds is 6. The molecular weight excluding hydrogens is 252 g/mol. The van der Waals surface area contributed by atoms with Gasteiger partial charge in [-0.15, -0.1) is 0 Å². The second-order valence-corrected chi connectivity index (χ2v) is 5.40. The van der Waals surface area contributed by atoms with Crippen molar-refractivity contribution in [1.82, 2.24) is 15.2 Å². The first-order valence-electron chi connectivity index (χ1n) is 7.44. The molecular formula is C15H26N4O. The van der Waals surface area contributed by atoms with Gasteiger partial charge in [0, 0.05) is 25.3 Å². The normalized spacial score (nSPS) is 21.8. The first kappa shape index (κ1) is 15.2. The monoisotopic (exact) mass is 278 g/mol. The summed E-state index contributed by atoms with van der Waals surface area (Å²) in [6, 6.07) is 4.26. The van der Waals surface area contributed by atoms with Gasteiger partial charge in [-0.3, -0.25) is 4.90 Å². The summed E-state index contributed by atoms with van der Waals surface area (Å²) in [5.41, 5.74) is 6.95. The minimum absolute atomic E-state index is 0.231. The first-order chi connectivity index (χ1) is 9.72. The van der Waals surface area contributed by atoms with Gasteiger partial charge >= 0.3 is 0 Å². The van der Waals surface area contributed by atoms with Gasteiger partial charge in [-0.1, -0.05) is 6.92 Å². The van der Waals surface area contributed by atoms with E-state index in [4.69, 9.17) is 10.5 Å². The number of hydrogen-bond acceptors (Lipinski definition) is 5. The van der Waals surface area contributed by atoms with E-state index in [2.05, 4.69) is 22.1 Å². The van der Waals surface area contributed by atoms with Gasteiger partial charge in [-0.2, -0.15) is 0 Å².